The van der Waals surface area contributed by atoms with Gasteiger partial charge in [0.1, 0.15) is 0 Å². The van der Waals surface area contributed by atoms with Crippen LogP contribution in [0.25, 0.3) is 0 Å². The second-order valence-electron chi connectivity index (χ2n) is 6.36. The van der Waals surface area contributed by atoms with Gasteiger partial charge >= 0.3 is 0 Å². The van der Waals surface area contributed by atoms with Crippen molar-refractivity contribution in [1.29, 1.82) is 0 Å². The smallest absolute Gasteiger partial charge is 0.242 e. The van der Waals surface area contributed by atoms with Gasteiger partial charge in [-0.15, -0.1) is 0 Å². The van der Waals surface area contributed by atoms with E-state index in [1.54, 1.807) is 11.0 Å². The lowest BCUT2D eigenvalue weighted by Crippen LogP contribution is -2.33. The maximum absolute atomic E-state index is 12.6. The van der Waals surface area contributed by atoms with Gasteiger partial charge < -0.3 is 4.90 Å². The molecule has 1 aromatic rings. The Kier molecular flexibility index (Phi) is 4.55. The van der Waals surface area contributed by atoms with Crippen molar-refractivity contribution in [2.45, 2.75) is 50.5 Å². The van der Waals surface area contributed by atoms with Crippen LogP contribution >= 0.6 is 15.9 Å². The van der Waals surface area contributed by atoms with Crippen molar-refractivity contribution in [3.63, 3.8) is 0 Å². The van der Waals surface area contributed by atoms with Crippen LogP contribution in [0.5, 0.6) is 0 Å². The predicted octanol–water partition coefficient (Wildman–Crippen LogP) is 2.83. The van der Waals surface area contributed by atoms with Gasteiger partial charge in [-0.1, -0.05) is 6.92 Å². The maximum Gasteiger partial charge on any atom is 0.242 e. The standard InChI is InChI=1S/C16H21BrN2O3S/c1-3-10(2)18-23(21,22)15-9-14-12(8-13(15)17)6-7-19(14)16(20)11-4-5-11/h8-11,18H,3-7H2,1-2H3. The van der Waals surface area contributed by atoms with E-state index >= 15 is 0 Å². The highest BCUT2D eigenvalue weighted by atomic mass is 79.9. The number of nitrogens with one attached hydrogen (secondary N) is 1. The van der Waals surface area contributed by atoms with Gasteiger partial charge in [-0.25, -0.2) is 13.1 Å². The fourth-order valence-electron chi connectivity index (χ4n) is 2.79. The Hall–Kier alpha value is -0.920. The van der Waals surface area contributed by atoms with Crippen LogP contribution in [0, 0.1) is 5.92 Å². The van der Waals surface area contributed by atoms with Crippen LogP contribution in [0.4, 0.5) is 5.69 Å². The fourth-order valence-corrected chi connectivity index (χ4v) is 5.22. The number of carbonyl (C=O) groups excluding carboxylic acids is 1. The van der Waals surface area contributed by atoms with Crippen molar-refractivity contribution >= 4 is 37.5 Å². The number of hydrogen-bond donors (Lipinski definition) is 1. The van der Waals surface area contributed by atoms with E-state index < -0.39 is 10.0 Å². The van der Waals surface area contributed by atoms with Crippen LogP contribution in [-0.2, 0) is 21.2 Å². The monoisotopic (exact) mass is 400 g/mol. The summed E-state index contributed by atoms with van der Waals surface area (Å²) >= 11 is 3.37. The Bertz CT molecular complexity index is 744. The van der Waals surface area contributed by atoms with Gasteiger partial charge in [-0.05, 0) is 66.2 Å². The van der Waals surface area contributed by atoms with E-state index in [1.165, 1.54) is 0 Å². The second-order valence-corrected chi connectivity index (χ2v) is 8.89. The molecular formula is C16H21BrN2O3S. The Labute approximate surface area is 145 Å². The molecule has 1 unspecified atom stereocenters. The zero-order valence-corrected chi connectivity index (χ0v) is 15.7. The number of fused-ring (bicyclic) bond motifs is 1. The molecule has 5 nitrogen and oxygen atoms in total. The summed E-state index contributed by atoms with van der Waals surface area (Å²) < 4.78 is 28.4. The highest BCUT2D eigenvalue weighted by molar-refractivity contribution is 9.10. The summed E-state index contributed by atoms with van der Waals surface area (Å²) in [6.45, 7) is 4.40. The minimum Gasteiger partial charge on any atom is -0.312 e. The van der Waals surface area contributed by atoms with Crippen molar-refractivity contribution < 1.29 is 13.2 Å². The van der Waals surface area contributed by atoms with Gasteiger partial charge in [0.25, 0.3) is 0 Å². The number of benzene rings is 1. The Morgan fingerprint density at radius 2 is 2.13 bits per heavy atom. The quantitative estimate of drug-likeness (QED) is 0.825. The van der Waals surface area contributed by atoms with Gasteiger partial charge in [0.2, 0.25) is 15.9 Å². The largest absolute Gasteiger partial charge is 0.312 e. The van der Waals surface area contributed by atoms with Crippen LogP contribution < -0.4 is 9.62 Å². The molecule has 7 heteroatoms. The third-order valence-electron chi connectivity index (χ3n) is 4.48. The summed E-state index contributed by atoms with van der Waals surface area (Å²) in [5.74, 6) is 0.257. The zero-order chi connectivity index (χ0) is 16.8. The van der Waals surface area contributed by atoms with Crippen molar-refractivity contribution in [2.24, 2.45) is 5.92 Å². The summed E-state index contributed by atoms with van der Waals surface area (Å²) in [6, 6.07) is 3.34. The molecule has 126 valence electrons. The molecule has 1 heterocycles. The van der Waals surface area contributed by atoms with Gasteiger partial charge in [-0.3, -0.25) is 4.79 Å². The average Bonchev–Trinajstić information content (AvgIpc) is 3.26. The first kappa shape index (κ1) is 16.9. The predicted molar refractivity (Wildman–Crippen MR) is 93.0 cm³/mol. The molecule has 0 bridgehead atoms. The molecule has 23 heavy (non-hydrogen) atoms. The second kappa shape index (κ2) is 6.18. The van der Waals surface area contributed by atoms with E-state index in [1.807, 2.05) is 19.9 Å². The van der Waals surface area contributed by atoms with E-state index in [-0.39, 0.29) is 22.8 Å². The molecule has 1 atom stereocenters. The van der Waals surface area contributed by atoms with E-state index in [0.29, 0.717) is 17.4 Å². The number of nitrogens with zero attached hydrogens (tertiary/aromatic N) is 1. The molecule has 1 fully saturated rings. The van der Waals surface area contributed by atoms with Crippen LogP contribution in [-0.4, -0.2) is 26.9 Å². The number of hydrogen-bond acceptors (Lipinski definition) is 3. The van der Waals surface area contributed by atoms with E-state index in [9.17, 15) is 13.2 Å². The lowest BCUT2D eigenvalue weighted by Gasteiger charge is -2.19. The number of amides is 1. The zero-order valence-electron chi connectivity index (χ0n) is 13.3. The third kappa shape index (κ3) is 3.32. The Balaban J connectivity index is 1.97. The van der Waals surface area contributed by atoms with Gasteiger partial charge in [-0.2, -0.15) is 0 Å². The summed E-state index contributed by atoms with van der Waals surface area (Å²) in [5.41, 5.74) is 1.77. The first-order chi connectivity index (χ1) is 10.8. The van der Waals surface area contributed by atoms with Crippen molar-refractivity contribution in [2.75, 3.05) is 11.4 Å². The first-order valence-electron chi connectivity index (χ1n) is 7.99. The topological polar surface area (TPSA) is 66.5 Å². The van der Waals surface area contributed by atoms with Gasteiger partial charge in [0.15, 0.2) is 0 Å². The maximum atomic E-state index is 12.6. The molecule has 1 aliphatic heterocycles. The van der Waals surface area contributed by atoms with Crippen LogP contribution in [0.1, 0.15) is 38.7 Å². The molecule has 1 saturated carbocycles. The molecular weight excluding hydrogens is 380 g/mol. The molecule has 3 rings (SSSR count). The lowest BCUT2D eigenvalue weighted by atomic mass is 10.2. The molecule has 0 spiro atoms. The SMILES string of the molecule is CCC(C)NS(=O)(=O)c1cc2c(cc1Br)CCN2C(=O)C1CC1. The molecule has 1 aromatic carbocycles. The lowest BCUT2D eigenvalue weighted by molar-refractivity contribution is -0.119. The van der Waals surface area contributed by atoms with Crippen molar-refractivity contribution in [3.8, 4) is 0 Å². The first-order valence-corrected chi connectivity index (χ1v) is 10.3. The number of rotatable bonds is 5. The Morgan fingerprint density at radius 1 is 1.43 bits per heavy atom. The fraction of sp³-hybridized carbons (Fsp3) is 0.562. The summed E-state index contributed by atoms with van der Waals surface area (Å²) in [5, 5.41) is 0. The van der Waals surface area contributed by atoms with E-state index in [4.69, 9.17) is 0 Å². The third-order valence-corrected chi connectivity index (χ3v) is 7.03. The number of halogens is 1. The summed E-state index contributed by atoms with van der Waals surface area (Å²) in [4.78, 5) is 14.3. The van der Waals surface area contributed by atoms with Crippen LogP contribution in [0.2, 0.25) is 0 Å². The highest BCUT2D eigenvalue weighted by Gasteiger charge is 2.37. The minimum atomic E-state index is -3.61. The van der Waals surface area contributed by atoms with Crippen LogP contribution in [0.15, 0.2) is 21.5 Å². The highest BCUT2D eigenvalue weighted by Crippen LogP contribution is 2.39. The normalized spacial score (nSPS) is 18.8. The molecule has 0 aromatic heterocycles. The molecule has 1 amide bonds. The van der Waals surface area contributed by atoms with Gasteiger partial charge in [0, 0.05) is 28.7 Å². The molecule has 0 radical (unpaired) electrons. The molecule has 1 N–H and O–H groups in total. The number of sulfonamides is 1. The molecule has 1 aliphatic carbocycles. The Morgan fingerprint density at radius 3 is 2.74 bits per heavy atom. The van der Waals surface area contributed by atoms with E-state index in [2.05, 4.69) is 20.7 Å². The number of carbonyl (C=O) groups is 1. The molecule has 2 aliphatic rings. The molecule has 0 saturated heterocycles. The summed E-state index contributed by atoms with van der Waals surface area (Å²) in [6.07, 6.45) is 3.38. The van der Waals surface area contributed by atoms with Crippen LogP contribution in [0.3, 0.4) is 0 Å². The summed E-state index contributed by atoms with van der Waals surface area (Å²) in [7, 11) is -3.61. The van der Waals surface area contributed by atoms with Gasteiger partial charge in [0.05, 0.1) is 4.90 Å². The van der Waals surface area contributed by atoms with Crippen molar-refractivity contribution in [3.05, 3.63) is 22.2 Å². The average molecular weight is 401 g/mol. The van der Waals surface area contributed by atoms with Crippen molar-refractivity contribution in [1.82, 2.24) is 4.72 Å². The number of anilines is 1. The minimum absolute atomic E-state index is 0.128. The van der Waals surface area contributed by atoms with E-state index in [0.717, 1.165) is 30.5 Å².